The summed E-state index contributed by atoms with van der Waals surface area (Å²) in [5, 5.41) is 15.7. The molecule has 0 radical (unpaired) electrons. The van der Waals surface area contributed by atoms with Crippen LogP contribution in [0.2, 0.25) is 0 Å². The van der Waals surface area contributed by atoms with Crippen LogP contribution < -0.4 is 0 Å². The van der Waals surface area contributed by atoms with E-state index in [1.807, 2.05) is 0 Å². The molecule has 1 aromatic rings. The fraction of sp³-hybridized carbons (Fsp3) is 0.250. The van der Waals surface area contributed by atoms with E-state index in [2.05, 4.69) is 10.2 Å². The van der Waals surface area contributed by atoms with Crippen LogP contribution in [0.15, 0.2) is 6.20 Å². The van der Waals surface area contributed by atoms with E-state index in [1.54, 1.807) is 6.92 Å². The van der Waals surface area contributed by atoms with Crippen molar-refractivity contribution in [1.29, 1.82) is 0 Å². The van der Waals surface area contributed by atoms with Crippen LogP contribution in [0.3, 0.4) is 0 Å². The fourth-order valence-electron chi connectivity index (χ4n) is 0.524. The van der Waals surface area contributed by atoms with Gasteiger partial charge in [-0.25, -0.2) is 0 Å². The zero-order valence-corrected chi connectivity index (χ0v) is 4.79. The highest BCUT2D eigenvalue weighted by molar-refractivity contribution is 5.26. The highest BCUT2D eigenvalue weighted by atomic mass is 16.6. The van der Waals surface area contributed by atoms with Gasteiger partial charge < -0.3 is 10.1 Å². The summed E-state index contributed by atoms with van der Waals surface area (Å²) < 4.78 is 0. The third-order valence-electron chi connectivity index (χ3n) is 0.985. The predicted octanol–water partition coefficient (Wildman–Crippen LogP) is 0.626. The number of aryl methyl sites for hydroxylation is 1. The molecule has 0 saturated heterocycles. The Morgan fingerprint density at radius 2 is 2.56 bits per heavy atom. The van der Waals surface area contributed by atoms with Crippen molar-refractivity contribution in [1.82, 2.24) is 10.2 Å². The van der Waals surface area contributed by atoms with Crippen LogP contribution in [-0.4, -0.2) is 15.1 Å². The van der Waals surface area contributed by atoms with Gasteiger partial charge >= 0.3 is 5.82 Å². The van der Waals surface area contributed by atoms with Gasteiger partial charge in [-0.1, -0.05) is 5.10 Å². The molecule has 0 fully saturated rings. The zero-order valence-electron chi connectivity index (χ0n) is 4.79. The monoisotopic (exact) mass is 127 g/mol. The van der Waals surface area contributed by atoms with Gasteiger partial charge in [-0.15, -0.1) is 5.10 Å². The Morgan fingerprint density at radius 1 is 1.89 bits per heavy atom. The fourth-order valence-corrected chi connectivity index (χ4v) is 0.524. The van der Waals surface area contributed by atoms with E-state index >= 15 is 0 Å². The Bertz CT molecular complexity index is 229. The van der Waals surface area contributed by atoms with Crippen LogP contribution in [0, 0.1) is 17.0 Å². The van der Waals surface area contributed by atoms with Crippen molar-refractivity contribution in [2.45, 2.75) is 6.92 Å². The molecule has 9 heavy (non-hydrogen) atoms. The van der Waals surface area contributed by atoms with Gasteiger partial charge in [0.15, 0.2) is 0 Å². The lowest BCUT2D eigenvalue weighted by molar-refractivity contribution is -0.390. The van der Waals surface area contributed by atoms with E-state index in [0.717, 1.165) is 0 Å². The Kier molecular flexibility index (Phi) is 1.18. The Labute approximate surface area is 50.8 Å². The van der Waals surface area contributed by atoms with Crippen molar-refractivity contribution in [2.75, 3.05) is 0 Å². The second-order valence-corrected chi connectivity index (χ2v) is 1.66. The number of H-pyrrole nitrogens is 1. The molecule has 1 rings (SSSR count). The van der Waals surface area contributed by atoms with Crippen molar-refractivity contribution in [3.8, 4) is 0 Å². The molecule has 0 unspecified atom stereocenters. The number of rotatable bonds is 1. The lowest BCUT2D eigenvalue weighted by Gasteiger charge is -1.87. The molecule has 0 aliphatic rings. The summed E-state index contributed by atoms with van der Waals surface area (Å²) in [6.07, 6.45) is 1.41. The molecule has 0 saturated carbocycles. The summed E-state index contributed by atoms with van der Waals surface area (Å²) >= 11 is 0. The Balaban J connectivity index is 3.08. The first-order valence-electron chi connectivity index (χ1n) is 2.36. The van der Waals surface area contributed by atoms with Crippen molar-refractivity contribution >= 4 is 5.82 Å². The minimum Gasteiger partial charge on any atom is -0.358 e. The number of nitrogens with one attached hydrogen (secondary N) is 1. The highest BCUT2D eigenvalue weighted by Gasteiger charge is 2.08. The minimum absolute atomic E-state index is 0.0324. The van der Waals surface area contributed by atoms with Crippen LogP contribution in [0.25, 0.3) is 0 Å². The third kappa shape index (κ3) is 0.883. The van der Waals surface area contributed by atoms with E-state index in [0.29, 0.717) is 5.56 Å². The largest absolute Gasteiger partial charge is 0.358 e. The number of hydrogen-bond donors (Lipinski definition) is 1. The van der Waals surface area contributed by atoms with Gasteiger partial charge in [-0.3, -0.25) is 0 Å². The molecule has 48 valence electrons. The van der Waals surface area contributed by atoms with Crippen molar-refractivity contribution < 1.29 is 4.92 Å². The summed E-state index contributed by atoms with van der Waals surface area (Å²) in [6, 6.07) is 0. The first-order valence-corrected chi connectivity index (χ1v) is 2.36. The summed E-state index contributed by atoms with van der Waals surface area (Å²) in [5.74, 6) is -0.0324. The third-order valence-corrected chi connectivity index (χ3v) is 0.985. The molecule has 1 aromatic heterocycles. The second kappa shape index (κ2) is 1.85. The molecule has 5 nitrogen and oxygen atoms in total. The molecule has 0 spiro atoms. The van der Waals surface area contributed by atoms with Crippen LogP contribution in [0.4, 0.5) is 5.82 Å². The number of nitrogens with zero attached hydrogens (tertiary/aromatic N) is 2. The van der Waals surface area contributed by atoms with Gasteiger partial charge in [0.2, 0.25) is 0 Å². The lowest BCUT2D eigenvalue weighted by atomic mass is 10.4. The van der Waals surface area contributed by atoms with E-state index in [1.165, 1.54) is 6.20 Å². The average molecular weight is 127 g/mol. The average Bonchev–Trinajstić information content (AvgIpc) is 2.13. The van der Waals surface area contributed by atoms with Gasteiger partial charge in [-0.2, -0.15) is 0 Å². The highest BCUT2D eigenvalue weighted by Crippen LogP contribution is 2.10. The van der Waals surface area contributed by atoms with E-state index < -0.39 is 4.92 Å². The number of aromatic amines is 1. The lowest BCUT2D eigenvalue weighted by Crippen LogP contribution is -1.89. The maximum absolute atomic E-state index is 10.0. The van der Waals surface area contributed by atoms with Gasteiger partial charge in [0.05, 0.1) is 11.8 Å². The molecule has 0 aromatic carbocycles. The molecule has 0 bridgehead atoms. The first-order chi connectivity index (χ1) is 4.22. The topological polar surface area (TPSA) is 71.8 Å². The normalized spacial score (nSPS) is 9.44. The molecule has 0 atom stereocenters. The molecule has 1 N–H and O–H groups in total. The van der Waals surface area contributed by atoms with Gasteiger partial charge in [0.25, 0.3) is 0 Å². The summed E-state index contributed by atoms with van der Waals surface area (Å²) in [6.45, 7) is 1.63. The van der Waals surface area contributed by atoms with E-state index in [9.17, 15) is 10.1 Å². The SMILES string of the molecule is Cc1cn[nH]c1[N+](=O)[O-]. The van der Waals surface area contributed by atoms with Gasteiger partial charge in [0, 0.05) is 0 Å². The van der Waals surface area contributed by atoms with Crippen molar-refractivity contribution in [2.24, 2.45) is 0 Å². The van der Waals surface area contributed by atoms with Gasteiger partial charge in [0.1, 0.15) is 0 Å². The van der Waals surface area contributed by atoms with Crippen LogP contribution in [0.1, 0.15) is 5.56 Å². The maximum atomic E-state index is 10.0. The Hall–Kier alpha value is -1.39. The van der Waals surface area contributed by atoms with Crippen molar-refractivity contribution in [3.63, 3.8) is 0 Å². The van der Waals surface area contributed by atoms with Gasteiger partial charge in [-0.05, 0) is 11.8 Å². The smallest absolute Gasteiger partial charge is 0.345 e. The van der Waals surface area contributed by atoms with E-state index in [4.69, 9.17) is 0 Å². The molecule has 5 heteroatoms. The minimum atomic E-state index is -0.498. The van der Waals surface area contributed by atoms with Crippen LogP contribution >= 0.6 is 0 Å². The second-order valence-electron chi connectivity index (χ2n) is 1.66. The van der Waals surface area contributed by atoms with Crippen molar-refractivity contribution in [3.05, 3.63) is 21.9 Å². The zero-order chi connectivity index (χ0) is 6.85. The summed E-state index contributed by atoms with van der Waals surface area (Å²) in [5.41, 5.74) is 0.556. The number of nitro groups is 1. The number of hydrogen-bond acceptors (Lipinski definition) is 3. The quantitative estimate of drug-likeness (QED) is 0.444. The number of aromatic nitrogens is 2. The van der Waals surface area contributed by atoms with Crippen LogP contribution in [-0.2, 0) is 0 Å². The predicted molar refractivity (Wildman–Crippen MR) is 30.0 cm³/mol. The maximum Gasteiger partial charge on any atom is 0.345 e. The summed E-state index contributed by atoms with van der Waals surface area (Å²) in [4.78, 5) is 9.52. The molecule has 1 heterocycles. The molecular weight excluding hydrogens is 122 g/mol. The molecule has 0 aliphatic carbocycles. The summed E-state index contributed by atoms with van der Waals surface area (Å²) in [7, 11) is 0. The molecular formula is C4H5N3O2. The standard InChI is InChI=1S/C4H5N3O2/c1-3-2-5-6-4(3)7(8)9/h2H,1H3,(H,5,6). The Morgan fingerprint density at radius 3 is 2.78 bits per heavy atom. The molecule has 0 aliphatic heterocycles. The molecule has 0 amide bonds. The van der Waals surface area contributed by atoms with Crippen LogP contribution in [0.5, 0.6) is 0 Å². The first kappa shape index (κ1) is 5.74. The van der Waals surface area contributed by atoms with E-state index in [-0.39, 0.29) is 5.82 Å².